The van der Waals surface area contributed by atoms with Gasteiger partial charge in [-0.05, 0) is 38.3 Å². The van der Waals surface area contributed by atoms with Gasteiger partial charge in [0.1, 0.15) is 0 Å². The maximum Gasteiger partial charge on any atom is 0.284 e. The molecule has 0 bridgehead atoms. The maximum atomic E-state index is 13.2. The fraction of sp³-hybridized carbons (Fsp3) is 0.556. The van der Waals surface area contributed by atoms with Crippen molar-refractivity contribution in [3.05, 3.63) is 30.8 Å². The fourth-order valence-corrected chi connectivity index (χ4v) is 4.55. The Morgan fingerprint density at radius 3 is 2.75 bits per heavy atom. The van der Waals surface area contributed by atoms with Crippen molar-refractivity contribution in [2.45, 2.75) is 56.3 Å². The maximum absolute atomic E-state index is 13.2. The number of carbonyl (C=O) groups is 2. The van der Waals surface area contributed by atoms with Gasteiger partial charge in [0.15, 0.2) is 5.03 Å². The van der Waals surface area contributed by atoms with Crippen molar-refractivity contribution in [1.82, 2.24) is 14.6 Å². The molecule has 0 aliphatic carbocycles. The molecule has 9 nitrogen and oxygen atoms in total. The zero-order chi connectivity index (χ0) is 20.9. The van der Waals surface area contributed by atoms with Crippen molar-refractivity contribution in [1.29, 1.82) is 0 Å². The van der Waals surface area contributed by atoms with Gasteiger partial charge in [0.05, 0.1) is 18.6 Å². The number of rotatable bonds is 7. The van der Waals surface area contributed by atoms with Crippen molar-refractivity contribution in [3.8, 4) is 0 Å². The van der Waals surface area contributed by atoms with Crippen molar-refractivity contribution in [3.63, 3.8) is 0 Å². The molecule has 155 valence electrons. The number of hydrogen-bond donors (Lipinski definition) is 3. The van der Waals surface area contributed by atoms with E-state index in [0.717, 1.165) is 6.42 Å². The second-order valence-electron chi connectivity index (χ2n) is 7.07. The van der Waals surface area contributed by atoms with Gasteiger partial charge in [-0.1, -0.05) is 13.0 Å². The van der Waals surface area contributed by atoms with Gasteiger partial charge in [-0.2, -0.15) is 8.42 Å². The Bertz CT molecular complexity index is 786. The van der Waals surface area contributed by atoms with Gasteiger partial charge in [-0.3, -0.25) is 9.59 Å². The van der Waals surface area contributed by atoms with E-state index in [1.807, 2.05) is 6.92 Å². The lowest BCUT2D eigenvalue weighted by Crippen LogP contribution is -2.52. The molecular weight excluding hydrogens is 384 g/mol. The number of aliphatic hydroxyl groups excluding tert-OH is 1. The van der Waals surface area contributed by atoms with E-state index in [-0.39, 0.29) is 24.0 Å². The normalized spacial score (nSPS) is 24.2. The van der Waals surface area contributed by atoms with Crippen LogP contribution in [0.4, 0.5) is 0 Å². The van der Waals surface area contributed by atoms with Crippen LogP contribution in [0.25, 0.3) is 0 Å². The number of hydrogen-bond acceptors (Lipinski definition) is 7. The molecule has 28 heavy (non-hydrogen) atoms. The molecule has 0 unspecified atom stereocenters. The highest BCUT2D eigenvalue weighted by atomic mass is 32.2. The smallest absolute Gasteiger partial charge is 0.284 e. The number of primary amides is 1. The first-order valence-electron chi connectivity index (χ1n) is 9.18. The van der Waals surface area contributed by atoms with Crippen molar-refractivity contribution < 1.29 is 23.1 Å². The highest BCUT2D eigenvalue weighted by Crippen LogP contribution is 2.25. The second kappa shape index (κ2) is 9.44. The average molecular weight is 412 g/mol. The number of aromatic nitrogens is 1. The molecule has 4 N–H and O–H groups in total. The third-order valence-corrected chi connectivity index (χ3v) is 6.56. The molecule has 0 spiro atoms. The number of nitrogens with one attached hydrogen (secondary N) is 1. The lowest BCUT2D eigenvalue weighted by molar-refractivity contribution is -0.126. The van der Waals surface area contributed by atoms with Gasteiger partial charge in [0.2, 0.25) is 11.8 Å². The number of nitrogens with two attached hydrogens (primary N) is 1. The summed E-state index contributed by atoms with van der Waals surface area (Å²) in [5.41, 5.74) is 5.22. The Hall–Kier alpha value is -2.04. The van der Waals surface area contributed by atoms with E-state index in [2.05, 4.69) is 10.3 Å². The summed E-state index contributed by atoms with van der Waals surface area (Å²) in [4.78, 5) is 28.0. The molecule has 0 saturated carbocycles. The monoisotopic (exact) mass is 411 g/mol. The minimum Gasteiger partial charge on any atom is -0.390 e. The summed E-state index contributed by atoms with van der Waals surface area (Å²) in [5, 5.41) is 13.4. The Balaban J connectivity index is 2.37. The summed E-state index contributed by atoms with van der Waals surface area (Å²) in [6.45, 7) is 3.63. The van der Waals surface area contributed by atoms with E-state index in [0.29, 0.717) is 17.1 Å². The first-order valence-corrected chi connectivity index (χ1v) is 10.6. The van der Waals surface area contributed by atoms with Gasteiger partial charge in [-0.25, -0.2) is 9.29 Å². The number of carbonyl (C=O) groups excluding carboxylic acids is 2. The van der Waals surface area contributed by atoms with E-state index in [1.54, 1.807) is 13.0 Å². The number of nitrogens with zero attached hydrogens (tertiary/aromatic N) is 2. The average Bonchev–Trinajstić information content (AvgIpc) is 2.82. The summed E-state index contributed by atoms with van der Waals surface area (Å²) in [5.74, 6) is -2.02. The zero-order valence-corrected chi connectivity index (χ0v) is 16.8. The molecule has 1 aliphatic rings. The number of sulfonamides is 1. The molecule has 2 amide bonds. The summed E-state index contributed by atoms with van der Waals surface area (Å²) in [7, 11) is -4.30. The van der Waals surface area contributed by atoms with Crippen molar-refractivity contribution in [2.75, 3.05) is 6.54 Å². The van der Waals surface area contributed by atoms with Gasteiger partial charge >= 0.3 is 0 Å². The largest absolute Gasteiger partial charge is 0.390 e. The predicted molar refractivity (Wildman–Crippen MR) is 102 cm³/mol. The number of aliphatic hydroxyl groups is 1. The molecule has 1 radical (unpaired) electrons. The fourth-order valence-electron chi connectivity index (χ4n) is 2.99. The number of pyridine rings is 1. The van der Waals surface area contributed by atoms with Crippen LogP contribution in [0.5, 0.6) is 0 Å². The summed E-state index contributed by atoms with van der Waals surface area (Å²) >= 11 is 0. The highest BCUT2D eigenvalue weighted by Gasteiger charge is 2.40. The third kappa shape index (κ3) is 5.27. The second-order valence-corrected chi connectivity index (χ2v) is 8.83. The summed E-state index contributed by atoms with van der Waals surface area (Å²) < 4.78 is 27.1. The number of β-amino-alcohol motifs (C(OH)–C–C–N with tert-alkyl or cyclic N) is 1. The molecule has 0 aromatic carbocycles. The van der Waals surface area contributed by atoms with Crippen LogP contribution in [0.2, 0.25) is 0 Å². The van der Waals surface area contributed by atoms with Crippen LogP contribution in [-0.2, 0) is 19.6 Å². The van der Waals surface area contributed by atoms with E-state index in [1.165, 1.54) is 18.3 Å². The van der Waals surface area contributed by atoms with Crippen LogP contribution in [0.1, 0.15) is 33.1 Å². The highest BCUT2D eigenvalue weighted by molar-refractivity contribution is 7.89. The molecule has 1 fully saturated rings. The van der Waals surface area contributed by atoms with Crippen LogP contribution >= 0.6 is 0 Å². The quantitative estimate of drug-likeness (QED) is 0.564. The zero-order valence-electron chi connectivity index (χ0n) is 16.0. The Labute approximate surface area is 165 Å². The van der Waals surface area contributed by atoms with Crippen LogP contribution in [0, 0.1) is 12.3 Å². The van der Waals surface area contributed by atoms with E-state index in [9.17, 15) is 23.1 Å². The molecule has 2 rings (SSSR count). The van der Waals surface area contributed by atoms with Gasteiger partial charge in [0, 0.05) is 24.7 Å². The molecule has 1 aromatic heterocycles. The van der Waals surface area contributed by atoms with E-state index >= 15 is 0 Å². The first kappa shape index (κ1) is 22.3. The van der Waals surface area contributed by atoms with Crippen LogP contribution < -0.4 is 11.1 Å². The topological polar surface area (TPSA) is 143 Å². The summed E-state index contributed by atoms with van der Waals surface area (Å²) in [6, 6.07) is 3.50. The minimum atomic E-state index is -4.30. The Morgan fingerprint density at radius 1 is 1.43 bits per heavy atom. The lowest BCUT2D eigenvalue weighted by atomic mass is 10.0. The molecule has 1 aromatic rings. The summed E-state index contributed by atoms with van der Waals surface area (Å²) in [6.07, 6.45) is 2.26. The van der Waals surface area contributed by atoms with Gasteiger partial charge < -0.3 is 16.2 Å². The van der Waals surface area contributed by atoms with Gasteiger partial charge in [-0.15, -0.1) is 0 Å². The van der Waals surface area contributed by atoms with E-state index < -0.39 is 39.9 Å². The Kier molecular flexibility index (Phi) is 7.50. The SMILES string of the molecule is C[C@H]1CC[C@H](N(C(=O)[CH]C[C@H](C)C(N)=O)S(=O)(=O)c2ccccn2)[C@@H](O)CN1. The molecule has 4 atom stereocenters. The minimum absolute atomic E-state index is 0.000126. The molecule has 10 heteroatoms. The van der Waals surface area contributed by atoms with Crippen LogP contribution in [0.15, 0.2) is 29.4 Å². The third-order valence-electron chi connectivity index (χ3n) is 4.83. The van der Waals surface area contributed by atoms with E-state index in [4.69, 9.17) is 5.73 Å². The molecule has 1 saturated heterocycles. The molecule has 1 aliphatic heterocycles. The van der Waals surface area contributed by atoms with Crippen molar-refractivity contribution >= 4 is 21.8 Å². The predicted octanol–water partition coefficient (Wildman–Crippen LogP) is -0.184. The van der Waals surface area contributed by atoms with Crippen molar-refractivity contribution in [2.24, 2.45) is 11.7 Å². The molecular formula is C18H27N4O5S. The standard InChI is InChI=1S/C18H27N4O5S/c1-12(18(19)25)6-9-17(24)22(14-8-7-13(2)21-11-15(14)23)28(26,27)16-5-3-4-10-20-16/h3-5,9-10,12-15,21,23H,6-8,11H2,1-2H3,(H2,19,25)/t12-,13-,14-,15-/m0/s1. The number of amides is 2. The van der Waals surface area contributed by atoms with Crippen LogP contribution in [-0.4, -0.2) is 59.4 Å². The Morgan fingerprint density at radius 2 is 2.14 bits per heavy atom. The van der Waals surface area contributed by atoms with Crippen LogP contribution in [0.3, 0.4) is 0 Å². The molecule has 2 heterocycles. The lowest BCUT2D eigenvalue weighted by Gasteiger charge is -2.32. The first-order chi connectivity index (χ1) is 13.1. The van der Waals surface area contributed by atoms with Gasteiger partial charge in [0.25, 0.3) is 10.0 Å².